The van der Waals surface area contributed by atoms with Gasteiger partial charge >= 0.3 is 0 Å². The van der Waals surface area contributed by atoms with Crippen molar-refractivity contribution in [3.63, 3.8) is 0 Å². The highest BCUT2D eigenvalue weighted by molar-refractivity contribution is 5.85. The normalized spacial score (nSPS) is 34.0. The average molecular weight is 265 g/mol. The van der Waals surface area contributed by atoms with Crippen LogP contribution in [-0.2, 0) is 14.3 Å². The Labute approximate surface area is 108 Å². The largest absolute Gasteiger partial charge is 0.376 e. The molecule has 6 heteroatoms. The van der Waals surface area contributed by atoms with Crippen molar-refractivity contribution in [2.45, 2.75) is 32.0 Å². The Bertz CT molecular complexity index is 249. The number of halogens is 1. The summed E-state index contributed by atoms with van der Waals surface area (Å²) in [4.78, 5) is 14.0. The number of piperazine rings is 1. The number of rotatable bonds is 1. The quantitative estimate of drug-likeness (QED) is 0.726. The van der Waals surface area contributed by atoms with Gasteiger partial charge in [0, 0.05) is 25.2 Å². The smallest absolute Gasteiger partial charge is 0.254 e. The first-order valence-electron chi connectivity index (χ1n) is 5.91. The van der Waals surface area contributed by atoms with Crippen LogP contribution in [0.25, 0.3) is 0 Å². The number of amides is 1. The Kier molecular flexibility index (Phi) is 5.66. The molecule has 0 aromatic rings. The second-order valence-corrected chi connectivity index (χ2v) is 4.65. The monoisotopic (exact) mass is 264 g/mol. The minimum Gasteiger partial charge on any atom is -0.376 e. The number of carbonyl (C=O) groups is 1. The first-order valence-corrected chi connectivity index (χ1v) is 5.91. The summed E-state index contributed by atoms with van der Waals surface area (Å²) in [6, 6.07) is 0.689. The summed E-state index contributed by atoms with van der Waals surface area (Å²) in [5.41, 5.74) is 0. The van der Waals surface area contributed by atoms with Crippen molar-refractivity contribution in [2.75, 3.05) is 32.9 Å². The third-order valence-electron chi connectivity index (χ3n) is 2.96. The van der Waals surface area contributed by atoms with Crippen LogP contribution in [0.5, 0.6) is 0 Å². The summed E-state index contributed by atoms with van der Waals surface area (Å²) in [5, 5.41) is 3.40. The van der Waals surface area contributed by atoms with Gasteiger partial charge in [0.25, 0.3) is 5.91 Å². The molecule has 2 aliphatic rings. The Balaban J connectivity index is 0.00000144. The Hall–Kier alpha value is -0.360. The molecule has 0 bridgehead atoms. The van der Waals surface area contributed by atoms with Crippen LogP contribution in [0.15, 0.2) is 0 Å². The van der Waals surface area contributed by atoms with Crippen LogP contribution in [0.3, 0.4) is 0 Å². The van der Waals surface area contributed by atoms with Crippen molar-refractivity contribution in [2.24, 2.45) is 0 Å². The van der Waals surface area contributed by atoms with Crippen molar-refractivity contribution in [3.05, 3.63) is 0 Å². The van der Waals surface area contributed by atoms with E-state index >= 15 is 0 Å². The van der Waals surface area contributed by atoms with Gasteiger partial charge in [-0.3, -0.25) is 4.79 Å². The van der Waals surface area contributed by atoms with Crippen molar-refractivity contribution >= 4 is 18.3 Å². The lowest BCUT2D eigenvalue weighted by atomic mass is 10.1. The van der Waals surface area contributed by atoms with E-state index in [1.54, 1.807) is 0 Å². The number of hydrogen-bond acceptors (Lipinski definition) is 4. The van der Waals surface area contributed by atoms with Crippen LogP contribution < -0.4 is 5.32 Å². The van der Waals surface area contributed by atoms with Crippen LogP contribution in [-0.4, -0.2) is 61.9 Å². The Morgan fingerprint density at radius 1 is 1.24 bits per heavy atom. The van der Waals surface area contributed by atoms with Gasteiger partial charge in [0.1, 0.15) is 0 Å². The number of nitrogens with zero attached hydrogens (tertiary/aromatic N) is 1. The van der Waals surface area contributed by atoms with E-state index in [0.29, 0.717) is 31.9 Å². The third-order valence-corrected chi connectivity index (χ3v) is 2.96. The molecule has 2 aliphatic heterocycles. The molecule has 0 saturated carbocycles. The van der Waals surface area contributed by atoms with Gasteiger partial charge in [0.15, 0.2) is 6.10 Å². The van der Waals surface area contributed by atoms with Gasteiger partial charge in [-0.25, -0.2) is 0 Å². The zero-order valence-electron chi connectivity index (χ0n) is 10.3. The number of ether oxygens (including phenoxy) is 2. The maximum Gasteiger partial charge on any atom is 0.254 e. The van der Waals surface area contributed by atoms with Crippen LogP contribution in [0.1, 0.15) is 13.8 Å². The van der Waals surface area contributed by atoms with Crippen LogP contribution in [0.4, 0.5) is 0 Å². The van der Waals surface area contributed by atoms with Crippen LogP contribution in [0.2, 0.25) is 0 Å². The molecule has 100 valence electrons. The van der Waals surface area contributed by atoms with E-state index in [0.717, 1.165) is 13.1 Å². The molecule has 0 aromatic heterocycles. The van der Waals surface area contributed by atoms with Crippen molar-refractivity contribution in [3.8, 4) is 0 Å². The highest BCUT2D eigenvalue weighted by Gasteiger charge is 2.31. The van der Waals surface area contributed by atoms with Gasteiger partial charge < -0.3 is 19.7 Å². The molecule has 2 heterocycles. The summed E-state index contributed by atoms with van der Waals surface area (Å²) >= 11 is 0. The molecule has 3 unspecified atom stereocenters. The predicted molar refractivity (Wildman–Crippen MR) is 66.4 cm³/mol. The Morgan fingerprint density at radius 3 is 2.41 bits per heavy atom. The number of hydrogen-bond donors (Lipinski definition) is 1. The molecule has 5 nitrogen and oxygen atoms in total. The molecule has 2 rings (SSSR count). The fourth-order valence-corrected chi connectivity index (χ4v) is 2.34. The predicted octanol–water partition coefficient (Wildman–Crippen LogP) is 0.0324. The van der Waals surface area contributed by atoms with Crippen molar-refractivity contribution in [1.29, 1.82) is 0 Å². The molecule has 0 radical (unpaired) electrons. The van der Waals surface area contributed by atoms with Crippen molar-refractivity contribution < 1.29 is 14.3 Å². The fraction of sp³-hybridized carbons (Fsp3) is 0.909. The van der Waals surface area contributed by atoms with Gasteiger partial charge in [-0.1, -0.05) is 0 Å². The molecule has 0 aromatic carbocycles. The van der Waals surface area contributed by atoms with Gasteiger partial charge in [-0.15, -0.1) is 12.4 Å². The maximum absolute atomic E-state index is 12.1. The Morgan fingerprint density at radius 2 is 1.88 bits per heavy atom. The molecule has 1 N–H and O–H groups in total. The van der Waals surface area contributed by atoms with E-state index in [9.17, 15) is 4.79 Å². The molecular formula is C11H21ClN2O3. The molecule has 17 heavy (non-hydrogen) atoms. The van der Waals surface area contributed by atoms with Gasteiger partial charge in [-0.2, -0.15) is 0 Å². The lowest BCUT2D eigenvalue weighted by molar-refractivity contribution is -0.159. The third kappa shape index (κ3) is 3.81. The lowest BCUT2D eigenvalue weighted by Crippen LogP contribution is -2.58. The van der Waals surface area contributed by atoms with E-state index in [-0.39, 0.29) is 18.3 Å². The molecule has 0 spiro atoms. The van der Waals surface area contributed by atoms with Gasteiger partial charge in [0.2, 0.25) is 0 Å². The highest BCUT2D eigenvalue weighted by atomic mass is 35.5. The summed E-state index contributed by atoms with van der Waals surface area (Å²) in [7, 11) is 0. The molecule has 3 atom stereocenters. The first kappa shape index (κ1) is 14.7. The molecule has 2 saturated heterocycles. The van der Waals surface area contributed by atoms with Crippen LogP contribution >= 0.6 is 12.4 Å². The summed E-state index contributed by atoms with van der Waals surface area (Å²) in [6.45, 7) is 7.20. The molecule has 2 fully saturated rings. The first-order chi connectivity index (χ1) is 7.66. The second kappa shape index (κ2) is 6.54. The zero-order chi connectivity index (χ0) is 11.5. The second-order valence-electron chi connectivity index (χ2n) is 4.65. The minimum atomic E-state index is -0.397. The zero-order valence-corrected chi connectivity index (χ0v) is 11.2. The van der Waals surface area contributed by atoms with E-state index in [4.69, 9.17) is 9.47 Å². The van der Waals surface area contributed by atoms with Gasteiger partial charge in [-0.05, 0) is 13.8 Å². The minimum absolute atomic E-state index is 0. The molecule has 1 amide bonds. The maximum atomic E-state index is 12.1. The average Bonchev–Trinajstić information content (AvgIpc) is 2.28. The standard InChI is InChI=1S/C11H20N2O3.ClH/c1-8-5-13(6-9(2)12-8)11(14)10-7-15-3-4-16-10;/h8-10,12H,3-7H2,1-2H3;1H. The van der Waals surface area contributed by atoms with E-state index in [1.165, 1.54) is 0 Å². The van der Waals surface area contributed by atoms with Crippen LogP contribution in [0, 0.1) is 0 Å². The topological polar surface area (TPSA) is 50.8 Å². The lowest BCUT2D eigenvalue weighted by Gasteiger charge is -2.38. The number of nitrogens with one attached hydrogen (secondary N) is 1. The summed E-state index contributed by atoms with van der Waals surface area (Å²) < 4.78 is 10.7. The van der Waals surface area contributed by atoms with Crippen molar-refractivity contribution in [1.82, 2.24) is 10.2 Å². The summed E-state index contributed by atoms with van der Waals surface area (Å²) in [5.74, 6) is 0.0694. The summed E-state index contributed by atoms with van der Waals surface area (Å²) in [6.07, 6.45) is -0.397. The highest BCUT2D eigenvalue weighted by Crippen LogP contribution is 2.10. The number of carbonyl (C=O) groups excluding carboxylic acids is 1. The molecular weight excluding hydrogens is 244 g/mol. The van der Waals surface area contributed by atoms with E-state index in [2.05, 4.69) is 19.2 Å². The van der Waals surface area contributed by atoms with E-state index < -0.39 is 6.10 Å². The van der Waals surface area contributed by atoms with Gasteiger partial charge in [0.05, 0.1) is 19.8 Å². The SMILES string of the molecule is CC1CN(C(=O)C2COCCO2)CC(C)N1.Cl. The fourth-order valence-electron chi connectivity index (χ4n) is 2.34. The van der Waals surface area contributed by atoms with E-state index in [1.807, 2.05) is 4.90 Å². The molecule has 0 aliphatic carbocycles.